The summed E-state index contributed by atoms with van der Waals surface area (Å²) in [6, 6.07) is 17.7. The SMILES string of the molecule is O=c1c2ccccc2n2c(=S)sc(-c3ccc(Cl)cc3)c2n1Cc1cc(F)cc(F)c1. The molecule has 2 aromatic heterocycles. The molecule has 8 heteroatoms. The van der Waals surface area contributed by atoms with Crippen LogP contribution in [0.3, 0.4) is 0 Å². The molecule has 0 aliphatic carbocycles. The van der Waals surface area contributed by atoms with Crippen LogP contribution in [0.5, 0.6) is 0 Å². The number of aromatic nitrogens is 2. The van der Waals surface area contributed by atoms with E-state index in [4.69, 9.17) is 23.8 Å². The lowest BCUT2D eigenvalue weighted by atomic mass is 10.1. The molecule has 0 amide bonds. The first kappa shape index (κ1) is 20.1. The second-order valence-electron chi connectivity index (χ2n) is 7.05. The molecular weight excluding hydrogens is 458 g/mol. The average Bonchev–Trinajstić information content (AvgIpc) is 3.08. The second kappa shape index (κ2) is 7.67. The quantitative estimate of drug-likeness (QED) is 0.274. The summed E-state index contributed by atoms with van der Waals surface area (Å²) in [6.45, 7) is -0.00601. The number of thiazole rings is 1. The zero-order chi connectivity index (χ0) is 21.7. The third kappa shape index (κ3) is 3.48. The highest BCUT2D eigenvalue weighted by molar-refractivity contribution is 7.73. The van der Waals surface area contributed by atoms with E-state index in [1.807, 2.05) is 28.7 Å². The van der Waals surface area contributed by atoms with Crippen LogP contribution < -0.4 is 5.56 Å². The first-order valence-electron chi connectivity index (χ1n) is 9.30. The Hall–Kier alpha value is -2.87. The molecule has 0 radical (unpaired) electrons. The van der Waals surface area contributed by atoms with Crippen molar-refractivity contribution in [2.75, 3.05) is 0 Å². The van der Waals surface area contributed by atoms with E-state index in [0.717, 1.165) is 16.5 Å². The summed E-state index contributed by atoms with van der Waals surface area (Å²) in [5.74, 6) is -1.39. The van der Waals surface area contributed by atoms with Crippen molar-refractivity contribution in [2.24, 2.45) is 0 Å². The lowest BCUT2D eigenvalue weighted by Gasteiger charge is -2.14. The van der Waals surface area contributed by atoms with Gasteiger partial charge in [0.25, 0.3) is 5.56 Å². The summed E-state index contributed by atoms with van der Waals surface area (Å²) in [5.41, 5.74) is 2.19. The van der Waals surface area contributed by atoms with Gasteiger partial charge in [0.15, 0.2) is 3.95 Å². The largest absolute Gasteiger partial charge is 0.288 e. The van der Waals surface area contributed by atoms with Crippen LogP contribution in [0.15, 0.2) is 71.5 Å². The van der Waals surface area contributed by atoms with Crippen molar-refractivity contribution in [3.63, 3.8) is 0 Å². The fraction of sp³-hybridized carbons (Fsp3) is 0.0435. The van der Waals surface area contributed by atoms with Gasteiger partial charge in [0, 0.05) is 11.1 Å². The summed E-state index contributed by atoms with van der Waals surface area (Å²) < 4.78 is 31.6. The van der Waals surface area contributed by atoms with Gasteiger partial charge in [-0.3, -0.25) is 13.8 Å². The molecule has 0 fully saturated rings. The zero-order valence-electron chi connectivity index (χ0n) is 15.8. The van der Waals surface area contributed by atoms with Gasteiger partial charge in [-0.25, -0.2) is 8.78 Å². The molecule has 0 aliphatic heterocycles. The minimum atomic E-state index is -0.695. The normalized spacial score (nSPS) is 11.5. The molecule has 5 rings (SSSR count). The van der Waals surface area contributed by atoms with Gasteiger partial charge in [0.05, 0.1) is 22.3 Å². The number of nitrogens with zero attached hydrogens (tertiary/aromatic N) is 2. The predicted molar refractivity (Wildman–Crippen MR) is 124 cm³/mol. The number of halogens is 3. The number of hydrogen-bond acceptors (Lipinski definition) is 3. The molecule has 0 atom stereocenters. The van der Waals surface area contributed by atoms with Crippen LogP contribution in [0.2, 0.25) is 5.02 Å². The summed E-state index contributed by atoms with van der Waals surface area (Å²) in [7, 11) is 0. The third-order valence-electron chi connectivity index (χ3n) is 5.03. The molecular formula is C23H13ClF2N2OS2. The summed E-state index contributed by atoms with van der Waals surface area (Å²) in [4.78, 5) is 14.3. The molecule has 3 aromatic carbocycles. The van der Waals surface area contributed by atoms with Crippen LogP contribution in [0.1, 0.15) is 5.56 Å². The number of fused-ring (bicyclic) bond motifs is 3. The Balaban J connectivity index is 1.89. The van der Waals surface area contributed by atoms with Gasteiger partial charge in [0.2, 0.25) is 0 Å². The third-order valence-corrected chi connectivity index (χ3v) is 6.70. The zero-order valence-corrected chi connectivity index (χ0v) is 18.2. The van der Waals surface area contributed by atoms with E-state index in [1.54, 1.807) is 24.3 Å². The number of rotatable bonds is 3. The minimum absolute atomic E-state index is 0.00601. The molecule has 3 nitrogen and oxygen atoms in total. The topological polar surface area (TPSA) is 26.4 Å². The van der Waals surface area contributed by atoms with Crippen LogP contribution >= 0.6 is 35.2 Å². The van der Waals surface area contributed by atoms with E-state index in [2.05, 4.69) is 0 Å². The monoisotopic (exact) mass is 470 g/mol. The lowest BCUT2D eigenvalue weighted by Crippen LogP contribution is -2.23. The molecule has 2 heterocycles. The molecule has 0 spiro atoms. The van der Waals surface area contributed by atoms with E-state index >= 15 is 0 Å². The number of hydrogen-bond donors (Lipinski definition) is 0. The maximum atomic E-state index is 13.8. The molecule has 0 aliphatic rings. The van der Waals surface area contributed by atoms with Gasteiger partial charge in [-0.2, -0.15) is 0 Å². The molecule has 0 bridgehead atoms. The highest BCUT2D eigenvalue weighted by atomic mass is 35.5. The Morgan fingerprint density at radius 3 is 2.35 bits per heavy atom. The fourth-order valence-corrected chi connectivity index (χ4v) is 5.29. The number of para-hydroxylation sites is 1. The van der Waals surface area contributed by atoms with Crippen molar-refractivity contribution in [3.8, 4) is 10.4 Å². The van der Waals surface area contributed by atoms with Gasteiger partial charge < -0.3 is 0 Å². The van der Waals surface area contributed by atoms with Crippen molar-refractivity contribution in [1.29, 1.82) is 0 Å². The Labute approximate surface area is 189 Å². The maximum absolute atomic E-state index is 13.8. The van der Waals surface area contributed by atoms with Crippen LogP contribution in [0.25, 0.3) is 27.0 Å². The average molecular weight is 471 g/mol. The molecule has 0 N–H and O–H groups in total. The lowest BCUT2D eigenvalue weighted by molar-refractivity contribution is 0.577. The maximum Gasteiger partial charge on any atom is 0.261 e. The summed E-state index contributed by atoms with van der Waals surface area (Å²) >= 11 is 13.1. The Morgan fingerprint density at radius 2 is 1.65 bits per heavy atom. The first-order valence-corrected chi connectivity index (χ1v) is 10.9. The van der Waals surface area contributed by atoms with E-state index in [-0.39, 0.29) is 12.1 Å². The van der Waals surface area contributed by atoms with Crippen LogP contribution in [0.4, 0.5) is 8.78 Å². The highest BCUT2D eigenvalue weighted by Crippen LogP contribution is 2.34. The highest BCUT2D eigenvalue weighted by Gasteiger charge is 2.19. The minimum Gasteiger partial charge on any atom is -0.288 e. The Kier molecular flexibility index (Phi) is 4.97. The van der Waals surface area contributed by atoms with Gasteiger partial charge in [0.1, 0.15) is 17.3 Å². The van der Waals surface area contributed by atoms with Crippen molar-refractivity contribution in [1.82, 2.24) is 8.97 Å². The molecule has 0 saturated carbocycles. The van der Waals surface area contributed by atoms with E-state index in [0.29, 0.717) is 31.1 Å². The van der Waals surface area contributed by atoms with Crippen molar-refractivity contribution >= 4 is 51.7 Å². The predicted octanol–water partition coefficient (Wildman–Crippen LogP) is 6.69. The first-order chi connectivity index (χ1) is 14.9. The van der Waals surface area contributed by atoms with Gasteiger partial charge in [-0.05, 0) is 59.7 Å². The molecule has 5 aromatic rings. The fourth-order valence-electron chi connectivity index (χ4n) is 3.73. The van der Waals surface area contributed by atoms with Crippen LogP contribution in [0, 0.1) is 15.6 Å². The second-order valence-corrected chi connectivity index (χ2v) is 9.13. The van der Waals surface area contributed by atoms with Crippen molar-refractivity contribution in [3.05, 3.63) is 103 Å². The summed E-state index contributed by atoms with van der Waals surface area (Å²) in [5, 5.41) is 1.07. The van der Waals surface area contributed by atoms with Gasteiger partial charge in [-0.1, -0.05) is 35.9 Å². The standard InChI is InChI=1S/C23H13ClF2N2OS2/c24-15-7-5-14(6-8-15)20-21-27(12-13-9-16(25)11-17(26)10-13)22(29)18-3-1-2-4-19(18)28(21)23(30)31-20/h1-11H,12H2. The number of benzene rings is 3. The van der Waals surface area contributed by atoms with Crippen molar-refractivity contribution in [2.45, 2.75) is 6.54 Å². The van der Waals surface area contributed by atoms with Crippen molar-refractivity contribution < 1.29 is 8.78 Å². The molecule has 154 valence electrons. The Bertz CT molecular complexity index is 1570. The van der Waals surface area contributed by atoms with E-state index < -0.39 is 11.6 Å². The molecule has 0 saturated heterocycles. The van der Waals surface area contributed by atoms with Gasteiger partial charge >= 0.3 is 0 Å². The molecule has 0 unspecified atom stereocenters. The van der Waals surface area contributed by atoms with Gasteiger partial charge in [-0.15, -0.1) is 11.3 Å². The molecule has 31 heavy (non-hydrogen) atoms. The van der Waals surface area contributed by atoms with E-state index in [9.17, 15) is 13.6 Å². The summed E-state index contributed by atoms with van der Waals surface area (Å²) in [6.07, 6.45) is 0. The van der Waals surface area contributed by atoms with E-state index in [1.165, 1.54) is 28.0 Å². The van der Waals surface area contributed by atoms with Crippen LogP contribution in [-0.2, 0) is 6.54 Å². The Morgan fingerprint density at radius 1 is 0.968 bits per heavy atom. The van der Waals surface area contributed by atoms with Crippen LogP contribution in [-0.4, -0.2) is 8.97 Å². The smallest absolute Gasteiger partial charge is 0.261 e.